The molecule has 1 aliphatic rings. The molecule has 0 amide bonds. The van der Waals surface area contributed by atoms with Gasteiger partial charge in [-0.1, -0.05) is 19.3 Å². The fraction of sp³-hybridized carbons (Fsp3) is 1.00. The monoisotopic (exact) mass is 203 g/mol. The van der Waals surface area contributed by atoms with Crippen LogP contribution in [0.1, 0.15) is 32.1 Å². The maximum absolute atomic E-state index is 8.98. The second kappa shape index (κ2) is 6.68. The molecule has 0 aromatic heterocycles. The number of aliphatic hydroxyl groups excluding tert-OH is 1. The molecular formula is C10H21NOS. The van der Waals surface area contributed by atoms with Crippen molar-refractivity contribution >= 4 is 11.8 Å². The average Bonchev–Trinajstić information content (AvgIpc) is 2.21. The molecule has 1 unspecified atom stereocenters. The van der Waals surface area contributed by atoms with Crippen LogP contribution in [0.4, 0.5) is 0 Å². The Morgan fingerprint density at radius 2 is 2.08 bits per heavy atom. The predicted molar refractivity (Wildman–Crippen MR) is 59.3 cm³/mol. The Morgan fingerprint density at radius 1 is 1.38 bits per heavy atom. The summed E-state index contributed by atoms with van der Waals surface area (Å²) >= 11 is 2.03. The lowest BCUT2D eigenvalue weighted by atomic mass is 10.0. The third-order valence-electron chi connectivity index (χ3n) is 2.71. The van der Waals surface area contributed by atoms with Crippen molar-refractivity contribution in [3.63, 3.8) is 0 Å². The van der Waals surface area contributed by atoms with Crippen molar-refractivity contribution < 1.29 is 5.11 Å². The highest BCUT2D eigenvalue weighted by Crippen LogP contribution is 2.28. The normalized spacial score (nSPS) is 21.7. The minimum atomic E-state index is 0.260. The highest BCUT2D eigenvalue weighted by atomic mass is 32.2. The van der Waals surface area contributed by atoms with E-state index in [1.165, 1.54) is 32.1 Å². The van der Waals surface area contributed by atoms with Gasteiger partial charge in [-0.3, -0.25) is 0 Å². The SMILES string of the molecule is CNC(CO)CSC1CCCCC1. The van der Waals surface area contributed by atoms with Gasteiger partial charge in [0.05, 0.1) is 6.61 Å². The average molecular weight is 203 g/mol. The van der Waals surface area contributed by atoms with Crippen molar-refractivity contribution in [1.29, 1.82) is 0 Å². The molecular weight excluding hydrogens is 182 g/mol. The zero-order valence-corrected chi connectivity index (χ0v) is 9.28. The van der Waals surface area contributed by atoms with Crippen molar-refractivity contribution in [3.05, 3.63) is 0 Å². The number of hydrogen-bond donors (Lipinski definition) is 2. The maximum Gasteiger partial charge on any atom is 0.0592 e. The van der Waals surface area contributed by atoms with E-state index in [-0.39, 0.29) is 12.6 Å². The summed E-state index contributed by atoms with van der Waals surface area (Å²) in [7, 11) is 1.92. The molecule has 0 spiro atoms. The molecule has 2 N–H and O–H groups in total. The molecule has 3 heteroatoms. The van der Waals surface area contributed by atoms with E-state index in [9.17, 15) is 0 Å². The number of nitrogens with one attached hydrogen (secondary N) is 1. The molecule has 0 heterocycles. The van der Waals surface area contributed by atoms with Crippen molar-refractivity contribution in [1.82, 2.24) is 5.32 Å². The van der Waals surface area contributed by atoms with Crippen LogP contribution >= 0.6 is 11.8 Å². The maximum atomic E-state index is 8.98. The first-order chi connectivity index (χ1) is 6.36. The summed E-state index contributed by atoms with van der Waals surface area (Å²) in [5, 5.41) is 13.0. The molecule has 1 saturated carbocycles. The van der Waals surface area contributed by atoms with E-state index in [2.05, 4.69) is 5.32 Å². The molecule has 0 aromatic carbocycles. The highest BCUT2D eigenvalue weighted by Gasteiger charge is 2.15. The molecule has 0 aliphatic heterocycles. The van der Waals surface area contributed by atoms with Gasteiger partial charge in [0.15, 0.2) is 0 Å². The molecule has 1 rings (SSSR count). The minimum Gasteiger partial charge on any atom is -0.395 e. The molecule has 78 valence electrons. The van der Waals surface area contributed by atoms with Crippen LogP contribution in [0.2, 0.25) is 0 Å². The fourth-order valence-electron chi connectivity index (χ4n) is 1.71. The van der Waals surface area contributed by atoms with E-state index in [0.29, 0.717) is 0 Å². The summed E-state index contributed by atoms with van der Waals surface area (Å²) in [6.07, 6.45) is 6.99. The van der Waals surface area contributed by atoms with Gasteiger partial charge in [-0.05, 0) is 19.9 Å². The zero-order valence-electron chi connectivity index (χ0n) is 8.46. The van der Waals surface area contributed by atoms with Gasteiger partial charge in [-0.25, -0.2) is 0 Å². The summed E-state index contributed by atoms with van der Waals surface area (Å²) in [5.74, 6) is 1.05. The van der Waals surface area contributed by atoms with Gasteiger partial charge in [-0.15, -0.1) is 0 Å². The quantitative estimate of drug-likeness (QED) is 0.712. The van der Waals surface area contributed by atoms with Crippen LogP contribution in [0.25, 0.3) is 0 Å². The van der Waals surface area contributed by atoms with Crippen molar-refractivity contribution in [2.75, 3.05) is 19.4 Å². The van der Waals surface area contributed by atoms with Crippen molar-refractivity contribution in [3.8, 4) is 0 Å². The standard InChI is InChI=1S/C10H21NOS/c1-11-9(7-12)8-13-10-5-3-2-4-6-10/h9-12H,2-8H2,1H3. The molecule has 2 nitrogen and oxygen atoms in total. The fourth-order valence-corrected chi connectivity index (χ4v) is 3.15. The molecule has 1 aliphatic carbocycles. The van der Waals surface area contributed by atoms with Crippen molar-refractivity contribution in [2.24, 2.45) is 0 Å². The van der Waals surface area contributed by atoms with E-state index >= 15 is 0 Å². The lowest BCUT2D eigenvalue weighted by Crippen LogP contribution is -2.32. The molecule has 1 atom stereocenters. The van der Waals surface area contributed by atoms with Crippen LogP contribution in [-0.4, -0.2) is 35.8 Å². The van der Waals surface area contributed by atoms with Crippen LogP contribution in [-0.2, 0) is 0 Å². The van der Waals surface area contributed by atoms with E-state index in [1.54, 1.807) is 0 Å². The van der Waals surface area contributed by atoms with E-state index in [1.807, 2.05) is 18.8 Å². The Hall–Kier alpha value is 0.270. The van der Waals surface area contributed by atoms with Gasteiger partial charge in [0, 0.05) is 17.0 Å². The number of thioether (sulfide) groups is 1. The Morgan fingerprint density at radius 3 is 2.62 bits per heavy atom. The van der Waals surface area contributed by atoms with Gasteiger partial charge in [0.2, 0.25) is 0 Å². The van der Waals surface area contributed by atoms with Crippen LogP contribution in [0.15, 0.2) is 0 Å². The number of aliphatic hydroxyl groups is 1. The second-order valence-electron chi connectivity index (χ2n) is 3.76. The summed E-state index contributed by atoms with van der Waals surface area (Å²) in [4.78, 5) is 0. The zero-order chi connectivity index (χ0) is 9.52. The predicted octanol–water partition coefficient (Wildman–Crippen LogP) is 1.63. The lowest BCUT2D eigenvalue weighted by molar-refractivity contribution is 0.260. The smallest absolute Gasteiger partial charge is 0.0592 e. The largest absolute Gasteiger partial charge is 0.395 e. The van der Waals surface area contributed by atoms with Crippen LogP contribution in [0.3, 0.4) is 0 Å². The Balaban J connectivity index is 2.09. The summed E-state index contributed by atoms with van der Waals surface area (Å²) < 4.78 is 0. The van der Waals surface area contributed by atoms with E-state index in [0.717, 1.165) is 11.0 Å². The summed E-state index contributed by atoms with van der Waals surface area (Å²) in [6.45, 7) is 0.260. The first-order valence-electron chi connectivity index (χ1n) is 5.26. The first kappa shape index (κ1) is 11.3. The molecule has 0 radical (unpaired) electrons. The van der Waals surface area contributed by atoms with Gasteiger partial charge in [0.25, 0.3) is 0 Å². The van der Waals surface area contributed by atoms with Gasteiger partial charge in [0.1, 0.15) is 0 Å². The third-order valence-corrected chi connectivity index (χ3v) is 4.25. The molecule has 1 fully saturated rings. The highest BCUT2D eigenvalue weighted by molar-refractivity contribution is 7.99. The number of likely N-dealkylation sites (N-methyl/N-ethyl adjacent to an activating group) is 1. The van der Waals surface area contributed by atoms with Gasteiger partial charge >= 0.3 is 0 Å². The Kier molecular flexibility index (Phi) is 5.83. The summed E-state index contributed by atoms with van der Waals surface area (Å²) in [6, 6.07) is 0.284. The van der Waals surface area contributed by atoms with Crippen LogP contribution < -0.4 is 5.32 Å². The van der Waals surface area contributed by atoms with Crippen LogP contribution in [0, 0.1) is 0 Å². The summed E-state index contributed by atoms with van der Waals surface area (Å²) in [5.41, 5.74) is 0. The third kappa shape index (κ3) is 4.34. The van der Waals surface area contributed by atoms with Crippen molar-refractivity contribution in [2.45, 2.75) is 43.4 Å². The van der Waals surface area contributed by atoms with Gasteiger partial charge in [-0.2, -0.15) is 11.8 Å². The lowest BCUT2D eigenvalue weighted by Gasteiger charge is -2.23. The molecule has 0 aromatic rings. The minimum absolute atomic E-state index is 0.260. The Labute approximate surface area is 85.5 Å². The molecule has 0 bridgehead atoms. The molecule has 13 heavy (non-hydrogen) atoms. The second-order valence-corrected chi connectivity index (χ2v) is 5.09. The van der Waals surface area contributed by atoms with E-state index < -0.39 is 0 Å². The van der Waals surface area contributed by atoms with Gasteiger partial charge < -0.3 is 10.4 Å². The number of hydrogen-bond acceptors (Lipinski definition) is 3. The van der Waals surface area contributed by atoms with Crippen LogP contribution in [0.5, 0.6) is 0 Å². The van der Waals surface area contributed by atoms with E-state index in [4.69, 9.17) is 5.11 Å². The molecule has 0 saturated heterocycles. The Bertz CT molecular complexity index is 122. The topological polar surface area (TPSA) is 32.3 Å². The number of rotatable bonds is 5. The first-order valence-corrected chi connectivity index (χ1v) is 6.31.